The van der Waals surface area contributed by atoms with Crippen LogP contribution >= 0.6 is 15.9 Å². The van der Waals surface area contributed by atoms with Crippen LogP contribution in [0.25, 0.3) is 0 Å². The van der Waals surface area contributed by atoms with Crippen molar-refractivity contribution < 1.29 is 9.53 Å². The Morgan fingerprint density at radius 3 is 2.72 bits per heavy atom. The monoisotopic (exact) mass is 312 g/mol. The lowest BCUT2D eigenvalue weighted by Crippen LogP contribution is -2.43. The summed E-state index contributed by atoms with van der Waals surface area (Å²) in [6.07, 6.45) is 4.57. The van der Waals surface area contributed by atoms with E-state index in [4.69, 9.17) is 4.74 Å². The second-order valence-electron chi connectivity index (χ2n) is 4.46. The number of hydrogen-bond donors (Lipinski definition) is 0. The molecule has 0 aliphatic carbocycles. The average molecular weight is 313 g/mol. The first kappa shape index (κ1) is 13.3. The normalized spacial score (nSPS) is 17.3. The maximum atomic E-state index is 12.1. The summed E-state index contributed by atoms with van der Waals surface area (Å²) in [6, 6.07) is 3.60. The maximum absolute atomic E-state index is 12.1. The molecule has 0 radical (unpaired) electrons. The van der Waals surface area contributed by atoms with Crippen LogP contribution in [-0.2, 0) is 4.79 Å². The molecule has 1 aliphatic rings. The Morgan fingerprint density at radius 1 is 1.39 bits per heavy atom. The number of halogens is 1. The predicted octanol–water partition coefficient (Wildman–Crippen LogP) is 2.62. The van der Waals surface area contributed by atoms with Crippen molar-refractivity contribution >= 4 is 21.8 Å². The number of aromatic nitrogens is 1. The van der Waals surface area contributed by atoms with Gasteiger partial charge in [-0.2, -0.15) is 0 Å². The van der Waals surface area contributed by atoms with E-state index in [-0.39, 0.29) is 5.91 Å². The summed E-state index contributed by atoms with van der Waals surface area (Å²) in [5.41, 5.74) is 0. The van der Waals surface area contributed by atoms with Crippen LogP contribution in [0.15, 0.2) is 22.9 Å². The number of carbonyl (C=O) groups excluding carboxylic acids is 1. The molecule has 1 fully saturated rings. The number of ether oxygens (including phenoxy) is 1. The van der Waals surface area contributed by atoms with Crippen LogP contribution in [0.2, 0.25) is 0 Å². The summed E-state index contributed by atoms with van der Waals surface area (Å²) in [5.74, 6) is 0.689. The zero-order valence-corrected chi connectivity index (χ0v) is 12.0. The molecule has 98 valence electrons. The fourth-order valence-electron chi connectivity index (χ4n) is 2.06. The van der Waals surface area contributed by atoms with E-state index in [0.29, 0.717) is 5.75 Å². The highest BCUT2D eigenvalue weighted by Crippen LogP contribution is 2.16. The largest absolute Gasteiger partial charge is 0.479 e. The van der Waals surface area contributed by atoms with E-state index in [1.54, 1.807) is 25.3 Å². The molecular formula is C13H17BrN2O2. The van der Waals surface area contributed by atoms with Gasteiger partial charge in [-0.05, 0) is 54.2 Å². The second kappa shape index (κ2) is 6.18. The standard InChI is InChI=1S/C13H17BrN2O2/c1-10(13(17)16-7-3-2-4-8-16)18-11-5-6-12(14)15-9-11/h5-6,9-10H,2-4,7-8H2,1H3. The van der Waals surface area contributed by atoms with Crippen molar-refractivity contribution in [3.63, 3.8) is 0 Å². The number of piperidine rings is 1. The molecule has 4 nitrogen and oxygen atoms in total. The van der Waals surface area contributed by atoms with Crippen LogP contribution < -0.4 is 4.74 Å². The number of carbonyl (C=O) groups is 1. The van der Waals surface area contributed by atoms with Crippen molar-refractivity contribution in [3.05, 3.63) is 22.9 Å². The number of pyridine rings is 1. The van der Waals surface area contributed by atoms with Gasteiger partial charge in [0.25, 0.3) is 5.91 Å². The van der Waals surface area contributed by atoms with Gasteiger partial charge in [-0.15, -0.1) is 0 Å². The fraction of sp³-hybridized carbons (Fsp3) is 0.538. The van der Waals surface area contributed by atoms with E-state index >= 15 is 0 Å². The summed E-state index contributed by atoms with van der Waals surface area (Å²) in [7, 11) is 0. The molecule has 18 heavy (non-hydrogen) atoms. The van der Waals surface area contributed by atoms with Crippen molar-refractivity contribution in [2.45, 2.75) is 32.3 Å². The third-order valence-electron chi connectivity index (χ3n) is 3.03. The highest BCUT2D eigenvalue weighted by molar-refractivity contribution is 9.10. The Morgan fingerprint density at radius 2 is 2.11 bits per heavy atom. The molecule has 0 bridgehead atoms. The van der Waals surface area contributed by atoms with Crippen LogP contribution in [0, 0.1) is 0 Å². The van der Waals surface area contributed by atoms with Gasteiger partial charge in [0, 0.05) is 13.1 Å². The molecule has 5 heteroatoms. The van der Waals surface area contributed by atoms with Gasteiger partial charge in [0.1, 0.15) is 10.4 Å². The molecule has 2 rings (SSSR count). The first-order valence-electron chi connectivity index (χ1n) is 6.24. The summed E-state index contributed by atoms with van der Waals surface area (Å²) in [4.78, 5) is 18.1. The molecule has 0 N–H and O–H groups in total. The lowest BCUT2D eigenvalue weighted by molar-refractivity contribution is -0.138. The first-order valence-corrected chi connectivity index (χ1v) is 7.03. The molecule has 0 saturated carbocycles. The van der Waals surface area contributed by atoms with E-state index < -0.39 is 6.10 Å². The summed E-state index contributed by atoms with van der Waals surface area (Å²) in [5, 5.41) is 0. The first-order chi connectivity index (χ1) is 8.66. The Hall–Kier alpha value is -1.10. The smallest absolute Gasteiger partial charge is 0.263 e. The SMILES string of the molecule is CC(Oc1ccc(Br)nc1)C(=O)N1CCCCC1. The minimum atomic E-state index is -0.453. The number of nitrogens with zero attached hydrogens (tertiary/aromatic N) is 2. The third-order valence-corrected chi connectivity index (χ3v) is 3.50. The van der Waals surface area contributed by atoms with Crippen LogP contribution in [0.3, 0.4) is 0 Å². The van der Waals surface area contributed by atoms with E-state index in [1.165, 1.54) is 6.42 Å². The zero-order valence-electron chi connectivity index (χ0n) is 10.4. The van der Waals surface area contributed by atoms with Gasteiger partial charge in [0.2, 0.25) is 0 Å². The number of likely N-dealkylation sites (tertiary alicyclic amines) is 1. The summed E-state index contributed by atoms with van der Waals surface area (Å²) >= 11 is 3.26. The molecule has 1 aromatic heterocycles. The third kappa shape index (κ3) is 3.45. The maximum Gasteiger partial charge on any atom is 0.263 e. The number of amides is 1. The lowest BCUT2D eigenvalue weighted by Gasteiger charge is -2.29. The van der Waals surface area contributed by atoms with Gasteiger partial charge in [0.05, 0.1) is 6.20 Å². The molecule has 1 amide bonds. The van der Waals surface area contributed by atoms with E-state index in [1.807, 2.05) is 4.90 Å². The van der Waals surface area contributed by atoms with Crippen molar-refractivity contribution in [2.24, 2.45) is 0 Å². The van der Waals surface area contributed by atoms with Crippen molar-refractivity contribution in [1.82, 2.24) is 9.88 Å². The number of rotatable bonds is 3. The van der Waals surface area contributed by atoms with Crippen LogP contribution in [0.1, 0.15) is 26.2 Å². The summed E-state index contributed by atoms with van der Waals surface area (Å²) in [6.45, 7) is 3.50. The molecule has 1 unspecified atom stereocenters. The zero-order chi connectivity index (χ0) is 13.0. The van der Waals surface area contributed by atoms with Gasteiger partial charge >= 0.3 is 0 Å². The highest BCUT2D eigenvalue weighted by atomic mass is 79.9. The molecular weight excluding hydrogens is 296 g/mol. The Balaban J connectivity index is 1.92. The minimum Gasteiger partial charge on any atom is -0.479 e. The van der Waals surface area contributed by atoms with E-state index in [0.717, 1.165) is 30.5 Å². The predicted molar refractivity (Wildman–Crippen MR) is 72.5 cm³/mol. The molecule has 0 spiro atoms. The van der Waals surface area contributed by atoms with Crippen molar-refractivity contribution in [1.29, 1.82) is 0 Å². The molecule has 2 heterocycles. The lowest BCUT2D eigenvalue weighted by atomic mass is 10.1. The minimum absolute atomic E-state index is 0.0672. The fourth-order valence-corrected chi connectivity index (χ4v) is 2.29. The molecule has 1 saturated heterocycles. The Bertz CT molecular complexity index is 402. The average Bonchev–Trinajstić information content (AvgIpc) is 2.41. The highest BCUT2D eigenvalue weighted by Gasteiger charge is 2.23. The molecule has 0 aromatic carbocycles. The Labute approximate surface area is 115 Å². The van der Waals surface area contributed by atoms with Crippen molar-refractivity contribution in [3.8, 4) is 5.75 Å². The molecule has 1 aromatic rings. The van der Waals surface area contributed by atoms with Gasteiger partial charge in [0.15, 0.2) is 6.10 Å². The summed E-state index contributed by atoms with van der Waals surface area (Å²) < 4.78 is 6.36. The van der Waals surface area contributed by atoms with Gasteiger partial charge < -0.3 is 9.64 Å². The van der Waals surface area contributed by atoms with E-state index in [9.17, 15) is 4.79 Å². The number of hydrogen-bond acceptors (Lipinski definition) is 3. The van der Waals surface area contributed by atoms with Gasteiger partial charge in [-0.3, -0.25) is 4.79 Å². The van der Waals surface area contributed by atoms with Gasteiger partial charge in [-0.1, -0.05) is 0 Å². The molecule has 1 aliphatic heterocycles. The topological polar surface area (TPSA) is 42.4 Å². The van der Waals surface area contributed by atoms with Crippen LogP contribution in [0.4, 0.5) is 0 Å². The van der Waals surface area contributed by atoms with Crippen LogP contribution in [-0.4, -0.2) is 35.0 Å². The van der Waals surface area contributed by atoms with Crippen LogP contribution in [0.5, 0.6) is 5.75 Å². The molecule has 1 atom stereocenters. The quantitative estimate of drug-likeness (QED) is 0.806. The second-order valence-corrected chi connectivity index (χ2v) is 5.28. The Kier molecular flexibility index (Phi) is 4.58. The van der Waals surface area contributed by atoms with Gasteiger partial charge in [-0.25, -0.2) is 4.98 Å². The van der Waals surface area contributed by atoms with E-state index in [2.05, 4.69) is 20.9 Å². The van der Waals surface area contributed by atoms with Crippen molar-refractivity contribution in [2.75, 3.05) is 13.1 Å².